The Kier molecular flexibility index (Phi) is 5.38. The highest BCUT2D eigenvalue weighted by Gasteiger charge is 2.14. The van der Waals surface area contributed by atoms with E-state index < -0.39 is 0 Å². The van der Waals surface area contributed by atoms with E-state index in [0.29, 0.717) is 12.0 Å². The first-order valence-corrected chi connectivity index (χ1v) is 7.83. The third kappa shape index (κ3) is 3.93. The molecule has 0 aliphatic heterocycles. The minimum atomic E-state index is 0.414. The molecule has 0 aliphatic rings. The number of benzene rings is 1. The Morgan fingerprint density at radius 2 is 2.10 bits per heavy atom. The molecule has 1 aromatic carbocycles. The number of aromatic nitrogens is 2. The number of hydrogen-bond acceptors (Lipinski definition) is 2. The summed E-state index contributed by atoms with van der Waals surface area (Å²) in [6.45, 7) is 5.25. The maximum absolute atomic E-state index is 4.66. The Morgan fingerprint density at radius 1 is 1.30 bits per heavy atom. The molecule has 0 fully saturated rings. The summed E-state index contributed by atoms with van der Waals surface area (Å²) in [4.78, 5) is 0. The number of hydrogen-bond donors (Lipinski definition) is 1. The zero-order chi connectivity index (χ0) is 14.5. The maximum Gasteiger partial charge on any atom is 0.0631 e. The van der Waals surface area contributed by atoms with E-state index in [9.17, 15) is 0 Å². The molecule has 1 N–H and O–H groups in total. The van der Waals surface area contributed by atoms with Crippen molar-refractivity contribution in [2.24, 2.45) is 0 Å². The number of nitrogens with one attached hydrogen (secondary N) is 1. The second kappa shape index (κ2) is 7.04. The molecular weight excluding hydrogens is 314 g/mol. The molecule has 2 aromatic rings. The van der Waals surface area contributed by atoms with Gasteiger partial charge in [0.15, 0.2) is 0 Å². The van der Waals surface area contributed by atoms with Gasteiger partial charge in [0.1, 0.15) is 0 Å². The Labute approximate surface area is 129 Å². The van der Waals surface area contributed by atoms with Crippen LogP contribution in [0.1, 0.15) is 37.1 Å². The summed E-state index contributed by atoms with van der Waals surface area (Å²) in [5, 5.41) is 7.94. The zero-order valence-electron chi connectivity index (χ0n) is 12.3. The van der Waals surface area contributed by atoms with Gasteiger partial charge in [0.2, 0.25) is 0 Å². The van der Waals surface area contributed by atoms with Crippen LogP contribution in [0.2, 0.25) is 0 Å². The van der Waals surface area contributed by atoms with Gasteiger partial charge in [-0.3, -0.25) is 4.68 Å². The highest BCUT2D eigenvalue weighted by Crippen LogP contribution is 2.23. The molecule has 0 radical (unpaired) electrons. The van der Waals surface area contributed by atoms with E-state index in [-0.39, 0.29) is 0 Å². The van der Waals surface area contributed by atoms with Crippen LogP contribution in [-0.2, 0) is 6.42 Å². The fourth-order valence-electron chi connectivity index (χ4n) is 2.34. The number of likely N-dealkylation sites (N-methyl/N-ethyl adjacent to an activating group) is 1. The normalized spacial score (nSPS) is 12.8. The van der Waals surface area contributed by atoms with E-state index >= 15 is 0 Å². The van der Waals surface area contributed by atoms with Crippen LogP contribution in [0.15, 0.2) is 41.0 Å². The first-order chi connectivity index (χ1) is 9.60. The number of halogens is 1. The van der Waals surface area contributed by atoms with Gasteiger partial charge >= 0.3 is 0 Å². The van der Waals surface area contributed by atoms with Gasteiger partial charge in [-0.05, 0) is 51.1 Å². The Balaban J connectivity index is 2.16. The van der Waals surface area contributed by atoms with Crippen molar-refractivity contribution in [1.82, 2.24) is 15.1 Å². The van der Waals surface area contributed by atoms with Crippen molar-refractivity contribution >= 4 is 15.9 Å². The van der Waals surface area contributed by atoms with E-state index in [1.54, 1.807) is 0 Å². The third-order valence-electron chi connectivity index (χ3n) is 3.42. The van der Waals surface area contributed by atoms with Gasteiger partial charge in [-0.2, -0.15) is 5.10 Å². The predicted octanol–water partition coefficient (Wildman–Crippen LogP) is 3.77. The highest BCUT2D eigenvalue weighted by molar-refractivity contribution is 9.10. The van der Waals surface area contributed by atoms with Crippen molar-refractivity contribution in [3.05, 3.63) is 52.3 Å². The first kappa shape index (κ1) is 15.3. The first-order valence-electron chi connectivity index (χ1n) is 7.04. The molecule has 20 heavy (non-hydrogen) atoms. The quantitative estimate of drug-likeness (QED) is 0.870. The summed E-state index contributed by atoms with van der Waals surface area (Å²) in [5.74, 6) is 0.438. The number of rotatable bonds is 6. The SMILES string of the molecule is CNCC(Cc1ccn(C(C)C)n1)c1cccc(Br)c1. The molecule has 0 aliphatic carbocycles. The van der Waals surface area contributed by atoms with Crippen LogP contribution in [0.3, 0.4) is 0 Å². The minimum Gasteiger partial charge on any atom is -0.319 e. The molecule has 1 atom stereocenters. The van der Waals surface area contributed by atoms with Crippen LogP contribution < -0.4 is 5.32 Å². The van der Waals surface area contributed by atoms with Crippen LogP contribution >= 0.6 is 15.9 Å². The zero-order valence-corrected chi connectivity index (χ0v) is 13.9. The molecule has 4 heteroatoms. The van der Waals surface area contributed by atoms with Crippen LogP contribution in [0.25, 0.3) is 0 Å². The molecule has 1 unspecified atom stereocenters. The molecule has 108 valence electrons. The fraction of sp³-hybridized carbons (Fsp3) is 0.438. The lowest BCUT2D eigenvalue weighted by Gasteiger charge is -2.16. The van der Waals surface area contributed by atoms with Crippen molar-refractivity contribution < 1.29 is 0 Å². The van der Waals surface area contributed by atoms with Gasteiger partial charge in [-0.15, -0.1) is 0 Å². The smallest absolute Gasteiger partial charge is 0.0631 e. The topological polar surface area (TPSA) is 29.9 Å². The summed E-state index contributed by atoms with van der Waals surface area (Å²) in [5.41, 5.74) is 2.49. The second-order valence-electron chi connectivity index (χ2n) is 5.39. The Morgan fingerprint density at radius 3 is 2.70 bits per heavy atom. The average molecular weight is 336 g/mol. The second-order valence-corrected chi connectivity index (χ2v) is 6.31. The van der Waals surface area contributed by atoms with Crippen molar-refractivity contribution in [1.29, 1.82) is 0 Å². The molecule has 2 rings (SSSR count). The fourth-order valence-corrected chi connectivity index (χ4v) is 2.76. The predicted molar refractivity (Wildman–Crippen MR) is 87.1 cm³/mol. The number of nitrogens with zero attached hydrogens (tertiary/aromatic N) is 2. The summed E-state index contributed by atoms with van der Waals surface area (Å²) < 4.78 is 3.15. The molecule has 3 nitrogen and oxygen atoms in total. The molecule has 0 saturated heterocycles. The van der Waals surface area contributed by atoms with Gasteiger partial charge in [-0.1, -0.05) is 28.1 Å². The highest BCUT2D eigenvalue weighted by atomic mass is 79.9. The van der Waals surface area contributed by atoms with Crippen LogP contribution in [0.4, 0.5) is 0 Å². The van der Waals surface area contributed by atoms with Gasteiger partial charge < -0.3 is 5.32 Å². The van der Waals surface area contributed by atoms with Crippen molar-refractivity contribution in [2.75, 3.05) is 13.6 Å². The summed E-state index contributed by atoms with van der Waals surface area (Å²) in [7, 11) is 2.00. The molecule has 0 bridgehead atoms. The van der Waals surface area contributed by atoms with Crippen LogP contribution in [0, 0.1) is 0 Å². The van der Waals surface area contributed by atoms with Crippen molar-refractivity contribution in [2.45, 2.75) is 32.2 Å². The third-order valence-corrected chi connectivity index (χ3v) is 3.91. The van der Waals surface area contributed by atoms with E-state index in [4.69, 9.17) is 0 Å². The van der Waals surface area contributed by atoms with E-state index in [1.165, 1.54) is 5.56 Å². The van der Waals surface area contributed by atoms with E-state index in [1.807, 2.05) is 11.7 Å². The molecular formula is C16H22BrN3. The van der Waals surface area contributed by atoms with Crippen molar-refractivity contribution in [3.8, 4) is 0 Å². The van der Waals surface area contributed by atoms with Gasteiger partial charge in [0.25, 0.3) is 0 Å². The molecule has 1 heterocycles. The summed E-state index contributed by atoms with van der Waals surface area (Å²) >= 11 is 3.55. The monoisotopic (exact) mass is 335 g/mol. The Hall–Kier alpha value is -1.13. The lowest BCUT2D eigenvalue weighted by atomic mass is 9.94. The lowest BCUT2D eigenvalue weighted by Crippen LogP contribution is -2.19. The Bertz CT molecular complexity index is 548. The molecule has 0 saturated carbocycles. The van der Waals surface area contributed by atoms with Gasteiger partial charge in [0.05, 0.1) is 5.69 Å². The van der Waals surface area contributed by atoms with Crippen LogP contribution in [0.5, 0.6) is 0 Å². The maximum atomic E-state index is 4.66. The largest absolute Gasteiger partial charge is 0.319 e. The van der Waals surface area contributed by atoms with E-state index in [0.717, 1.165) is 23.1 Å². The average Bonchev–Trinajstić information content (AvgIpc) is 2.87. The van der Waals surface area contributed by atoms with Gasteiger partial charge in [0, 0.05) is 29.2 Å². The standard InChI is InChI=1S/C16H22BrN3/c1-12(2)20-8-7-16(19-20)10-14(11-18-3)13-5-4-6-15(17)9-13/h4-9,12,14,18H,10-11H2,1-3H3. The minimum absolute atomic E-state index is 0.414. The van der Waals surface area contributed by atoms with Crippen molar-refractivity contribution in [3.63, 3.8) is 0 Å². The van der Waals surface area contributed by atoms with Gasteiger partial charge in [-0.25, -0.2) is 0 Å². The van der Waals surface area contributed by atoms with Crippen LogP contribution in [-0.4, -0.2) is 23.4 Å². The lowest BCUT2D eigenvalue weighted by molar-refractivity contribution is 0.520. The molecule has 1 aromatic heterocycles. The summed E-state index contributed by atoms with van der Waals surface area (Å²) in [6, 6.07) is 11.1. The summed E-state index contributed by atoms with van der Waals surface area (Å²) in [6.07, 6.45) is 3.02. The molecule has 0 spiro atoms. The molecule has 0 amide bonds. The van der Waals surface area contributed by atoms with E-state index in [2.05, 4.69) is 76.7 Å².